The molecule has 2 aliphatic heterocycles. The molecule has 1 fully saturated rings. The number of carbonyl (C=O) groups is 2. The van der Waals surface area contributed by atoms with Gasteiger partial charge in [0, 0.05) is 26.6 Å². The van der Waals surface area contributed by atoms with Crippen molar-refractivity contribution in [1.29, 1.82) is 0 Å². The van der Waals surface area contributed by atoms with Crippen LogP contribution in [0.25, 0.3) is 0 Å². The fourth-order valence-corrected chi connectivity index (χ4v) is 5.81. The van der Waals surface area contributed by atoms with Gasteiger partial charge < -0.3 is 10.2 Å². The van der Waals surface area contributed by atoms with E-state index in [0.29, 0.717) is 36.9 Å². The summed E-state index contributed by atoms with van der Waals surface area (Å²) >= 11 is 1.39. The molecule has 1 aromatic carbocycles. The van der Waals surface area contributed by atoms with Crippen molar-refractivity contribution in [2.45, 2.75) is 56.4 Å². The number of benzene rings is 1. The van der Waals surface area contributed by atoms with Gasteiger partial charge in [0.25, 0.3) is 5.91 Å². The number of carbonyl (C=O) groups excluding carboxylic acids is 2. The number of halogens is 3. The van der Waals surface area contributed by atoms with Crippen molar-refractivity contribution in [2.75, 3.05) is 20.1 Å². The molecule has 9 heteroatoms. The third-order valence-electron chi connectivity index (χ3n) is 6.09. The van der Waals surface area contributed by atoms with Gasteiger partial charge in [-0.3, -0.25) is 4.79 Å². The van der Waals surface area contributed by atoms with Crippen molar-refractivity contribution in [3.63, 3.8) is 0 Å². The number of urea groups is 1. The minimum absolute atomic E-state index is 0.0882. The van der Waals surface area contributed by atoms with Crippen LogP contribution in [0.1, 0.15) is 56.6 Å². The van der Waals surface area contributed by atoms with Crippen LogP contribution in [0.5, 0.6) is 0 Å². The van der Waals surface area contributed by atoms with Crippen molar-refractivity contribution >= 4 is 28.7 Å². The fourth-order valence-electron chi connectivity index (χ4n) is 4.38. The van der Waals surface area contributed by atoms with Crippen LogP contribution in [0.4, 0.5) is 18.0 Å². The van der Waals surface area contributed by atoms with Crippen LogP contribution in [-0.4, -0.2) is 46.8 Å². The number of hydrogen-bond acceptors (Lipinski definition) is 3. The molecule has 2 atom stereocenters. The number of aliphatic imine (C=N–C) groups is 1. The van der Waals surface area contributed by atoms with E-state index in [4.69, 9.17) is 0 Å². The summed E-state index contributed by atoms with van der Waals surface area (Å²) in [7, 11) is 1.61. The summed E-state index contributed by atoms with van der Waals surface area (Å²) in [4.78, 5) is 30.4. The van der Waals surface area contributed by atoms with E-state index in [1.807, 2.05) is 6.92 Å². The fraction of sp³-hybridized carbons (Fsp3) is 0.591. The number of hydrogen-bond donors (Lipinski definition) is 1. The van der Waals surface area contributed by atoms with Gasteiger partial charge in [0.2, 0.25) is 0 Å². The van der Waals surface area contributed by atoms with Crippen molar-refractivity contribution in [3.05, 3.63) is 35.4 Å². The highest BCUT2D eigenvalue weighted by Crippen LogP contribution is 2.44. The maximum atomic E-state index is 13.4. The first-order valence-electron chi connectivity index (χ1n) is 10.5. The summed E-state index contributed by atoms with van der Waals surface area (Å²) in [6, 6.07) is 5.49. The maximum Gasteiger partial charge on any atom is 0.416 e. The molecule has 0 bridgehead atoms. The van der Waals surface area contributed by atoms with Crippen LogP contribution in [-0.2, 0) is 11.0 Å². The number of thioether (sulfide) groups is 1. The lowest BCUT2D eigenvalue weighted by molar-refractivity contribution is -0.138. The zero-order valence-corrected chi connectivity index (χ0v) is 18.8. The Balaban J connectivity index is 1.61. The molecule has 0 aromatic heterocycles. The van der Waals surface area contributed by atoms with Crippen molar-refractivity contribution in [3.8, 4) is 0 Å². The van der Waals surface area contributed by atoms with Gasteiger partial charge in [-0.05, 0) is 49.7 Å². The highest BCUT2D eigenvalue weighted by molar-refractivity contribution is 8.16. The van der Waals surface area contributed by atoms with E-state index in [0.717, 1.165) is 18.9 Å². The van der Waals surface area contributed by atoms with Crippen LogP contribution in [0.15, 0.2) is 29.3 Å². The first kappa shape index (κ1) is 23.6. The second kappa shape index (κ2) is 9.22. The Morgan fingerprint density at radius 3 is 2.58 bits per heavy atom. The predicted molar refractivity (Wildman–Crippen MR) is 116 cm³/mol. The van der Waals surface area contributed by atoms with Gasteiger partial charge in [-0.25, -0.2) is 9.79 Å². The standard InChI is InChI=1S/C22H28F3N3O2S/c1-14(16-6-4-5-7-17(16)22(23,24)25)12-18-27-19(29)21(2,31-18)13-15-8-10-28(11-9-15)20(30)26-3/h4-7,14-15H,8-13H2,1-3H3,(H,26,30)/t14-,21?/m1/s1. The topological polar surface area (TPSA) is 61.8 Å². The molecule has 1 N–H and O–H groups in total. The maximum absolute atomic E-state index is 13.4. The van der Waals surface area contributed by atoms with E-state index in [1.54, 1.807) is 24.9 Å². The minimum atomic E-state index is -4.41. The Labute approximate surface area is 184 Å². The van der Waals surface area contributed by atoms with Crippen molar-refractivity contribution < 1.29 is 22.8 Å². The summed E-state index contributed by atoms with van der Waals surface area (Å²) in [5, 5.41) is 3.22. The summed E-state index contributed by atoms with van der Waals surface area (Å²) in [6.45, 7) is 4.91. The molecule has 2 heterocycles. The van der Waals surface area contributed by atoms with Crippen LogP contribution in [0, 0.1) is 5.92 Å². The number of rotatable bonds is 5. The van der Waals surface area contributed by atoms with Crippen LogP contribution in [0.2, 0.25) is 0 Å². The molecule has 5 nitrogen and oxygen atoms in total. The summed E-state index contributed by atoms with van der Waals surface area (Å²) in [6.07, 6.45) is -1.82. The zero-order chi connectivity index (χ0) is 22.8. The number of amides is 3. The van der Waals surface area contributed by atoms with Crippen LogP contribution >= 0.6 is 11.8 Å². The Morgan fingerprint density at radius 1 is 1.32 bits per heavy atom. The third-order valence-corrected chi connectivity index (χ3v) is 7.38. The SMILES string of the molecule is CNC(=O)N1CCC(CC2(C)SC(C[C@@H](C)c3ccccc3C(F)(F)F)=NC2=O)CC1. The first-order valence-corrected chi connectivity index (χ1v) is 11.3. The molecule has 2 aliphatic rings. The summed E-state index contributed by atoms with van der Waals surface area (Å²) in [5.41, 5.74) is -0.413. The smallest absolute Gasteiger partial charge is 0.341 e. The molecular formula is C22H28F3N3O2S. The van der Waals surface area contributed by atoms with Crippen LogP contribution in [0.3, 0.4) is 0 Å². The Hall–Kier alpha value is -2.03. The van der Waals surface area contributed by atoms with Gasteiger partial charge >= 0.3 is 12.2 Å². The average molecular weight is 456 g/mol. The largest absolute Gasteiger partial charge is 0.416 e. The van der Waals surface area contributed by atoms with Gasteiger partial charge in [0.1, 0.15) is 4.75 Å². The zero-order valence-electron chi connectivity index (χ0n) is 18.0. The summed E-state index contributed by atoms with van der Waals surface area (Å²) in [5.74, 6) is -0.312. The predicted octanol–water partition coefficient (Wildman–Crippen LogP) is 5.07. The van der Waals surface area contributed by atoms with Gasteiger partial charge in [-0.2, -0.15) is 13.2 Å². The number of nitrogens with one attached hydrogen (secondary N) is 1. The first-order chi connectivity index (χ1) is 14.5. The van der Waals surface area contributed by atoms with Gasteiger partial charge in [-0.1, -0.05) is 36.9 Å². The Kier molecular flexibility index (Phi) is 7.03. The lowest BCUT2D eigenvalue weighted by Gasteiger charge is -2.34. The van der Waals surface area contributed by atoms with Gasteiger partial charge in [-0.15, -0.1) is 0 Å². The quantitative estimate of drug-likeness (QED) is 0.674. The van der Waals surface area contributed by atoms with E-state index >= 15 is 0 Å². The molecule has 0 radical (unpaired) electrons. The summed E-state index contributed by atoms with van der Waals surface area (Å²) < 4.78 is 39.4. The average Bonchev–Trinajstić information content (AvgIpc) is 3.00. The number of likely N-dealkylation sites (tertiary alicyclic amines) is 1. The second-order valence-electron chi connectivity index (χ2n) is 8.52. The molecule has 3 rings (SSSR count). The van der Waals surface area contributed by atoms with E-state index in [2.05, 4.69) is 10.3 Å². The number of piperidine rings is 1. The van der Waals surface area contributed by atoms with Crippen molar-refractivity contribution in [1.82, 2.24) is 10.2 Å². The molecule has 1 aromatic rings. The van der Waals surface area contributed by atoms with Gasteiger partial charge in [0.15, 0.2) is 0 Å². The number of alkyl halides is 3. The number of nitrogens with zero attached hydrogens (tertiary/aromatic N) is 2. The van der Waals surface area contributed by atoms with E-state index < -0.39 is 22.4 Å². The van der Waals surface area contributed by atoms with Crippen LogP contribution < -0.4 is 5.32 Å². The Bertz CT molecular complexity index is 866. The highest BCUT2D eigenvalue weighted by Gasteiger charge is 2.43. The second-order valence-corrected chi connectivity index (χ2v) is 10.1. The molecule has 31 heavy (non-hydrogen) atoms. The molecule has 170 valence electrons. The van der Waals surface area contributed by atoms with Gasteiger partial charge in [0.05, 0.1) is 10.6 Å². The highest BCUT2D eigenvalue weighted by atomic mass is 32.2. The molecule has 0 spiro atoms. The lowest BCUT2D eigenvalue weighted by atomic mass is 9.87. The Morgan fingerprint density at radius 2 is 1.97 bits per heavy atom. The molecule has 1 saturated heterocycles. The molecule has 3 amide bonds. The third kappa shape index (κ3) is 5.42. The van der Waals surface area contributed by atoms with E-state index in [-0.39, 0.29) is 17.5 Å². The molecule has 0 aliphatic carbocycles. The minimum Gasteiger partial charge on any atom is -0.341 e. The lowest BCUT2D eigenvalue weighted by Crippen LogP contribution is -2.44. The van der Waals surface area contributed by atoms with E-state index in [9.17, 15) is 22.8 Å². The van der Waals surface area contributed by atoms with E-state index in [1.165, 1.54) is 23.9 Å². The van der Waals surface area contributed by atoms with Crippen molar-refractivity contribution in [2.24, 2.45) is 10.9 Å². The molecule has 1 unspecified atom stereocenters. The normalized spacial score (nSPS) is 23.6. The molecular weight excluding hydrogens is 427 g/mol. The monoisotopic (exact) mass is 455 g/mol. The molecule has 0 saturated carbocycles.